The van der Waals surface area contributed by atoms with Crippen LogP contribution in [0.2, 0.25) is 0 Å². The maximum Gasteiger partial charge on any atom is 0.191 e. The number of nitrogens with one attached hydrogen (secondary N) is 1. The molecule has 2 heterocycles. The average molecular weight is 262 g/mol. The number of piperidine rings is 1. The number of likely N-dealkylation sites (tertiary alicyclic amines) is 1. The fraction of sp³-hybridized carbons (Fsp3) is 0.769. The van der Waals surface area contributed by atoms with Gasteiger partial charge in [0.15, 0.2) is 11.8 Å². The van der Waals surface area contributed by atoms with Gasteiger partial charge in [-0.15, -0.1) is 0 Å². The number of rotatable bonds is 3. The van der Waals surface area contributed by atoms with E-state index in [0.29, 0.717) is 24.3 Å². The van der Waals surface area contributed by atoms with Crippen molar-refractivity contribution in [3.8, 4) is 0 Å². The minimum atomic E-state index is 0.496. The monoisotopic (exact) mass is 262 g/mol. The molecule has 3 rings (SSSR count). The van der Waals surface area contributed by atoms with E-state index in [1.54, 1.807) is 0 Å². The van der Waals surface area contributed by atoms with E-state index in [-0.39, 0.29) is 0 Å². The fourth-order valence-corrected chi connectivity index (χ4v) is 2.56. The van der Waals surface area contributed by atoms with Crippen LogP contribution in [0.4, 0.5) is 0 Å². The molecule has 1 saturated heterocycles. The highest BCUT2D eigenvalue weighted by Gasteiger charge is 2.27. The molecule has 19 heavy (non-hydrogen) atoms. The Morgan fingerprint density at radius 1 is 1.47 bits per heavy atom. The van der Waals surface area contributed by atoms with E-state index in [2.05, 4.69) is 32.0 Å². The van der Waals surface area contributed by atoms with E-state index in [0.717, 1.165) is 24.7 Å². The van der Waals surface area contributed by atoms with Gasteiger partial charge in [-0.3, -0.25) is 5.10 Å². The number of aromatic nitrogens is 3. The van der Waals surface area contributed by atoms with E-state index in [4.69, 9.17) is 5.73 Å². The molecule has 1 atom stereocenters. The lowest BCUT2D eigenvalue weighted by Crippen LogP contribution is -2.43. The Bertz CT molecular complexity index is 461. The zero-order chi connectivity index (χ0) is 13.2. The summed E-state index contributed by atoms with van der Waals surface area (Å²) in [6.45, 7) is 4.79. The van der Waals surface area contributed by atoms with E-state index in [1.807, 2.05) is 0 Å². The molecule has 6 nitrogen and oxygen atoms in total. The third kappa shape index (κ3) is 3.05. The van der Waals surface area contributed by atoms with Crippen molar-refractivity contribution < 1.29 is 0 Å². The number of hydrogen-bond acceptors (Lipinski definition) is 3. The quantitative estimate of drug-likeness (QED) is 0.634. The number of nitrogens with zero attached hydrogens (tertiary/aromatic N) is 4. The predicted molar refractivity (Wildman–Crippen MR) is 73.7 cm³/mol. The van der Waals surface area contributed by atoms with Gasteiger partial charge < -0.3 is 10.6 Å². The predicted octanol–water partition coefficient (Wildman–Crippen LogP) is 1.23. The molecule has 104 valence electrons. The van der Waals surface area contributed by atoms with E-state index in [9.17, 15) is 0 Å². The second kappa shape index (κ2) is 5.19. The molecular formula is C13H22N6. The van der Waals surface area contributed by atoms with Gasteiger partial charge >= 0.3 is 0 Å². The summed E-state index contributed by atoms with van der Waals surface area (Å²) in [4.78, 5) is 11.1. The van der Waals surface area contributed by atoms with Crippen molar-refractivity contribution in [2.45, 2.75) is 45.1 Å². The molecule has 1 aliphatic carbocycles. The van der Waals surface area contributed by atoms with Gasteiger partial charge in [0.1, 0.15) is 12.4 Å². The van der Waals surface area contributed by atoms with Crippen molar-refractivity contribution in [2.75, 3.05) is 13.1 Å². The molecule has 0 bridgehead atoms. The van der Waals surface area contributed by atoms with Crippen LogP contribution in [0.3, 0.4) is 0 Å². The Labute approximate surface area is 113 Å². The second-order valence-electron chi connectivity index (χ2n) is 5.78. The highest BCUT2D eigenvalue weighted by Crippen LogP contribution is 2.37. The van der Waals surface area contributed by atoms with Crippen LogP contribution < -0.4 is 5.73 Å². The minimum Gasteiger partial charge on any atom is -0.370 e. The first-order valence-corrected chi connectivity index (χ1v) is 7.18. The van der Waals surface area contributed by atoms with Crippen LogP contribution in [0.1, 0.15) is 50.2 Å². The number of H-pyrrole nitrogens is 1. The maximum absolute atomic E-state index is 6.05. The molecule has 1 aromatic heterocycles. The van der Waals surface area contributed by atoms with Crippen LogP contribution in [0.5, 0.6) is 0 Å². The Balaban J connectivity index is 1.57. The van der Waals surface area contributed by atoms with Crippen LogP contribution in [-0.2, 0) is 6.54 Å². The van der Waals surface area contributed by atoms with Crippen LogP contribution in [0.25, 0.3) is 0 Å². The van der Waals surface area contributed by atoms with Gasteiger partial charge in [0.25, 0.3) is 0 Å². The third-order valence-corrected chi connectivity index (χ3v) is 3.86. The number of aromatic amines is 1. The van der Waals surface area contributed by atoms with Gasteiger partial charge in [0.2, 0.25) is 0 Å². The highest BCUT2D eigenvalue weighted by atomic mass is 15.3. The number of hydrogen-bond donors (Lipinski definition) is 2. The van der Waals surface area contributed by atoms with E-state index in [1.165, 1.54) is 25.7 Å². The summed E-state index contributed by atoms with van der Waals surface area (Å²) < 4.78 is 0. The molecular weight excluding hydrogens is 240 g/mol. The molecule has 0 radical (unpaired) electrons. The molecule has 2 aliphatic rings. The van der Waals surface area contributed by atoms with Crippen molar-refractivity contribution in [1.82, 2.24) is 20.1 Å². The molecule has 3 N–H and O–H groups in total. The van der Waals surface area contributed by atoms with Gasteiger partial charge in [-0.25, -0.2) is 9.98 Å². The van der Waals surface area contributed by atoms with Crippen molar-refractivity contribution in [2.24, 2.45) is 16.6 Å². The summed E-state index contributed by atoms with van der Waals surface area (Å²) in [6.07, 6.45) is 4.92. The highest BCUT2D eigenvalue weighted by molar-refractivity contribution is 5.78. The van der Waals surface area contributed by atoms with E-state index >= 15 is 0 Å². The lowest BCUT2D eigenvalue weighted by molar-refractivity contribution is 0.270. The van der Waals surface area contributed by atoms with Crippen molar-refractivity contribution >= 4 is 5.96 Å². The minimum absolute atomic E-state index is 0.496. The number of nitrogens with two attached hydrogens (primary N) is 1. The fourth-order valence-electron chi connectivity index (χ4n) is 2.56. The van der Waals surface area contributed by atoms with Gasteiger partial charge in [-0.05, 0) is 31.6 Å². The third-order valence-electron chi connectivity index (χ3n) is 3.86. The van der Waals surface area contributed by atoms with Crippen molar-refractivity contribution in [1.29, 1.82) is 0 Å². The summed E-state index contributed by atoms with van der Waals surface area (Å²) >= 11 is 0. The largest absolute Gasteiger partial charge is 0.370 e. The number of guanidine groups is 1. The standard InChI is InChI=1S/C13H22N6/c1-9-3-2-6-19(8-9)13(14)15-7-11-16-12(18-17-11)10-4-5-10/h9-10H,2-8H2,1H3,(H2,14,15)(H,16,17,18). The Morgan fingerprint density at radius 2 is 2.32 bits per heavy atom. The van der Waals surface area contributed by atoms with Gasteiger partial charge in [0, 0.05) is 19.0 Å². The lowest BCUT2D eigenvalue weighted by atomic mass is 10.0. The van der Waals surface area contributed by atoms with Crippen molar-refractivity contribution in [3.63, 3.8) is 0 Å². The van der Waals surface area contributed by atoms with Crippen LogP contribution >= 0.6 is 0 Å². The molecule has 0 spiro atoms. The Morgan fingerprint density at radius 3 is 3.05 bits per heavy atom. The summed E-state index contributed by atoms with van der Waals surface area (Å²) in [7, 11) is 0. The molecule has 0 aromatic carbocycles. The molecule has 1 saturated carbocycles. The first kappa shape index (κ1) is 12.4. The summed E-state index contributed by atoms with van der Waals surface area (Å²) in [6, 6.07) is 0. The van der Waals surface area contributed by atoms with E-state index < -0.39 is 0 Å². The molecule has 1 aromatic rings. The summed E-state index contributed by atoms with van der Waals surface area (Å²) in [5.74, 6) is 3.67. The smallest absolute Gasteiger partial charge is 0.191 e. The first-order valence-electron chi connectivity index (χ1n) is 7.18. The van der Waals surface area contributed by atoms with Crippen molar-refractivity contribution in [3.05, 3.63) is 11.6 Å². The lowest BCUT2D eigenvalue weighted by Gasteiger charge is -2.31. The maximum atomic E-state index is 6.05. The topological polar surface area (TPSA) is 83.2 Å². The molecule has 0 amide bonds. The normalized spacial score (nSPS) is 24.8. The molecule has 6 heteroatoms. The van der Waals surface area contributed by atoms with Gasteiger partial charge in [-0.2, -0.15) is 5.10 Å². The zero-order valence-electron chi connectivity index (χ0n) is 11.5. The molecule has 1 aliphatic heterocycles. The SMILES string of the molecule is CC1CCCN(C(N)=NCc2nc(C3CC3)n[nH]2)C1. The first-order chi connectivity index (χ1) is 9.22. The molecule has 2 fully saturated rings. The number of aliphatic imine (C=N–C) groups is 1. The van der Waals surface area contributed by atoms with Crippen LogP contribution in [0.15, 0.2) is 4.99 Å². The van der Waals surface area contributed by atoms with Crippen LogP contribution in [0, 0.1) is 5.92 Å². The average Bonchev–Trinajstić information content (AvgIpc) is 3.15. The summed E-state index contributed by atoms with van der Waals surface area (Å²) in [5, 5.41) is 7.17. The Hall–Kier alpha value is -1.59. The molecule has 1 unspecified atom stereocenters. The second-order valence-corrected chi connectivity index (χ2v) is 5.78. The Kier molecular flexibility index (Phi) is 3.40. The van der Waals surface area contributed by atoms with Gasteiger partial charge in [0.05, 0.1) is 0 Å². The zero-order valence-corrected chi connectivity index (χ0v) is 11.5. The van der Waals surface area contributed by atoms with Crippen LogP contribution in [-0.4, -0.2) is 39.1 Å². The van der Waals surface area contributed by atoms with Gasteiger partial charge in [-0.1, -0.05) is 6.92 Å². The summed E-state index contributed by atoms with van der Waals surface area (Å²) in [5.41, 5.74) is 6.05.